The van der Waals surface area contributed by atoms with E-state index in [2.05, 4.69) is 34.9 Å². The van der Waals surface area contributed by atoms with Gasteiger partial charge in [-0.3, -0.25) is 9.59 Å². The van der Waals surface area contributed by atoms with Gasteiger partial charge in [0.25, 0.3) is 5.91 Å². The standard InChI is InChI=1S/C25H30N4O2S/c30-23-5-4-16-29(23)18-20-8-6-19(7-9-20)17-26-25(32)27-22-12-10-21(11-13-22)24(31)28-14-2-1-3-15-28/h6-13H,1-5,14-18H2,(H2,26,27,32). The van der Waals surface area contributed by atoms with E-state index in [-0.39, 0.29) is 11.8 Å². The van der Waals surface area contributed by atoms with Crippen LogP contribution in [0.2, 0.25) is 0 Å². The van der Waals surface area contributed by atoms with Crippen LogP contribution in [0.3, 0.4) is 0 Å². The molecule has 0 saturated carbocycles. The molecule has 6 nitrogen and oxygen atoms in total. The second-order valence-corrected chi connectivity index (χ2v) is 8.88. The summed E-state index contributed by atoms with van der Waals surface area (Å²) in [4.78, 5) is 28.2. The highest BCUT2D eigenvalue weighted by Crippen LogP contribution is 2.16. The van der Waals surface area contributed by atoms with Crippen LogP contribution < -0.4 is 10.6 Å². The Morgan fingerprint density at radius 1 is 0.875 bits per heavy atom. The third kappa shape index (κ3) is 5.85. The van der Waals surface area contributed by atoms with Gasteiger partial charge in [0.1, 0.15) is 0 Å². The summed E-state index contributed by atoms with van der Waals surface area (Å²) in [6.07, 6.45) is 5.02. The number of rotatable bonds is 6. The fraction of sp³-hybridized carbons (Fsp3) is 0.400. The van der Waals surface area contributed by atoms with E-state index in [4.69, 9.17) is 12.2 Å². The molecule has 2 aliphatic rings. The lowest BCUT2D eigenvalue weighted by atomic mass is 10.1. The largest absolute Gasteiger partial charge is 0.358 e. The summed E-state index contributed by atoms with van der Waals surface area (Å²) in [5.41, 5.74) is 3.83. The van der Waals surface area contributed by atoms with Gasteiger partial charge in [0, 0.05) is 50.4 Å². The lowest BCUT2D eigenvalue weighted by Crippen LogP contribution is -2.35. The van der Waals surface area contributed by atoms with Crippen LogP contribution in [0.1, 0.15) is 53.6 Å². The Kier molecular flexibility index (Phi) is 7.37. The van der Waals surface area contributed by atoms with Crippen LogP contribution in [0.4, 0.5) is 5.69 Å². The Balaban J connectivity index is 1.23. The van der Waals surface area contributed by atoms with E-state index in [0.29, 0.717) is 30.2 Å². The number of hydrogen-bond donors (Lipinski definition) is 2. The van der Waals surface area contributed by atoms with Gasteiger partial charge in [-0.2, -0.15) is 0 Å². The summed E-state index contributed by atoms with van der Waals surface area (Å²) in [6, 6.07) is 15.7. The van der Waals surface area contributed by atoms with Gasteiger partial charge in [0.2, 0.25) is 5.91 Å². The van der Waals surface area contributed by atoms with Crippen LogP contribution in [-0.2, 0) is 17.9 Å². The highest BCUT2D eigenvalue weighted by atomic mass is 32.1. The number of nitrogens with zero attached hydrogens (tertiary/aromatic N) is 2. The fourth-order valence-electron chi connectivity index (χ4n) is 4.19. The number of hydrogen-bond acceptors (Lipinski definition) is 3. The van der Waals surface area contributed by atoms with Gasteiger partial charge in [-0.1, -0.05) is 24.3 Å². The molecule has 32 heavy (non-hydrogen) atoms. The lowest BCUT2D eigenvalue weighted by Gasteiger charge is -2.26. The summed E-state index contributed by atoms with van der Waals surface area (Å²) in [6.45, 7) is 3.85. The van der Waals surface area contributed by atoms with E-state index >= 15 is 0 Å². The Hall–Kier alpha value is -2.93. The Labute approximate surface area is 195 Å². The number of nitrogens with one attached hydrogen (secondary N) is 2. The van der Waals surface area contributed by atoms with Crippen molar-refractivity contribution in [1.29, 1.82) is 0 Å². The molecule has 0 spiro atoms. The Morgan fingerprint density at radius 2 is 1.56 bits per heavy atom. The smallest absolute Gasteiger partial charge is 0.253 e. The van der Waals surface area contributed by atoms with Crippen LogP contribution in [-0.4, -0.2) is 46.4 Å². The molecule has 0 aromatic heterocycles. The fourth-order valence-corrected chi connectivity index (χ4v) is 4.38. The maximum Gasteiger partial charge on any atom is 0.253 e. The van der Waals surface area contributed by atoms with Crippen LogP contribution in [0.25, 0.3) is 0 Å². The Morgan fingerprint density at radius 3 is 2.22 bits per heavy atom. The first-order chi connectivity index (χ1) is 15.6. The van der Waals surface area contributed by atoms with Gasteiger partial charge in [-0.15, -0.1) is 0 Å². The van der Waals surface area contributed by atoms with Crippen molar-refractivity contribution in [3.8, 4) is 0 Å². The van der Waals surface area contributed by atoms with Gasteiger partial charge in [-0.05, 0) is 73.3 Å². The van der Waals surface area contributed by atoms with Crippen LogP contribution in [0.5, 0.6) is 0 Å². The zero-order chi connectivity index (χ0) is 22.3. The van der Waals surface area contributed by atoms with Crippen LogP contribution in [0, 0.1) is 0 Å². The molecule has 0 bridgehead atoms. The van der Waals surface area contributed by atoms with Crippen molar-refractivity contribution in [1.82, 2.24) is 15.1 Å². The van der Waals surface area contributed by atoms with E-state index in [1.165, 1.54) is 6.42 Å². The molecule has 4 rings (SSSR count). The summed E-state index contributed by atoms with van der Waals surface area (Å²) in [5, 5.41) is 6.92. The minimum absolute atomic E-state index is 0.106. The lowest BCUT2D eigenvalue weighted by molar-refractivity contribution is -0.128. The minimum Gasteiger partial charge on any atom is -0.358 e. The molecule has 2 aromatic carbocycles. The first kappa shape index (κ1) is 22.3. The zero-order valence-electron chi connectivity index (χ0n) is 18.3. The van der Waals surface area contributed by atoms with Crippen molar-refractivity contribution in [2.45, 2.75) is 45.2 Å². The molecule has 2 aromatic rings. The van der Waals surface area contributed by atoms with E-state index in [1.807, 2.05) is 34.1 Å². The van der Waals surface area contributed by atoms with E-state index in [1.54, 1.807) is 0 Å². The molecular weight excluding hydrogens is 420 g/mol. The number of carbonyl (C=O) groups is 2. The maximum absolute atomic E-state index is 12.6. The predicted molar refractivity (Wildman–Crippen MR) is 130 cm³/mol. The van der Waals surface area contributed by atoms with Gasteiger partial charge in [-0.25, -0.2) is 0 Å². The third-order valence-electron chi connectivity index (χ3n) is 6.05. The maximum atomic E-state index is 12.6. The van der Waals surface area contributed by atoms with Crippen LogP contribution in [0.15, 0.2) is 48.5 Å². The van der Waals surface area contributed by atoms with Crippen molar-refractivity contribution in [2.75, 3.05) is 25.0 Å². The van der Waals surface area contributed by atoms with Crippen molar-refractivity contribution in [3.05, 3.63) is 65.2 Å². The topological polar surface area (TPSA) is 64.7 Å². The van der Waals surface area contributed by atoms with E-state index in [0.717, 1.165) is 55.7 Å². The van der Waals surface area contributed by atoms with Gasteiger partial charge >= 0.3 is 0 Å². The van der Waals surface area contributed by atoms with Gasteiger partial charge in [0.15, 0.2) is 5.11 Å². The highest BCUT2D eigenvalue weighted by Gasteiger charge is 2.20. The molecule has 2 saturated heterocycles. The van der Waals surface area contributed by atoms with Crippen molar-refractivity contribution in [2.24, 2.45) is 0 Å². The average Bonchev–Trinajstić information content (AvgIpc) is 3.23. The molecule has 0 radical (unpaired) electrons. The van der Waals surface area contributed by atoms with E-state index in [9.17, 15) is 9.59 Å². The van der Waals surface area contributed by atoms with Crippen molar-refractivity contribution < 1.29 is 9.59 Å². The summed E-state index contributed by atoms with van der Waals surface area (Å²) >= 11 is 5.41. The molecule has 0 unspecified atom stereocenters. The number of benzene rings is 2. The molecule has 2 N–H and O–H groups in total. The summed E-state index contributed by atoms with van der Waals surface area (Å²) < 4.78 is 0. The van der Waals surface area contributed by atoms with Crippen LogP contribution >= 0.6 is 12.2 Å². The van der Waals surface area contributed by atoms with Gasteiger partial charge in [0.05, 0.1) is 0 Å². The highest BCUT2D eigenvalue weighted by molar-refractivity contribution is 7.80. The SMILES string of the molecule is O=C1CCCN1Cc1ccc(CNC(=S)Nc2ccc(C(=O)N3CCCCC3)cc2)cc1. The predicted octanol–water partition coefficient (Wildman–Crippen LogP) is 3.92. The van der Waals surface area contributed by atoms with E-state index < -0.39 is 0 Å². The number of thiocarbonyl (C=S) groups is 1. The normalized spacial score (nSPS) is 16.2. The minimum atomic E-state index is 0.106. The number of amides is 2. The summed E-state index contributed by atoms with van der Waals surface area (Å²) in [5.74, 6) is 0.352. The second-order valence-electron chi connectivity index (χ2n) is 8.47. The number of piperidine rings is 1. The molecule has 2 aliphatic heterocycles. The number of anilines is 1. The molecular formula is C25H30N4O2S. The zero-order valence-corrected chi connectivity index (χ0v) is 19.1. The van der Waals surface area contributed by atoms with Gasteiger partial charge < -0.3 is 20.4 Å². The first-order valence-corrected chi connectivity index (χ1v) is 11.8. The number of carbonyl (C=O) groups excluding carboxylic acids is 2. The molecule has 2 amide bonds. The second kappa shape index (κ2) is 10.6. The Bertz CT molecular complexity index is 953. The third-order valence-corrected chi connectivity index (χ3v) is 6.30. The molecule has 168 valence electrons. The van der Waals surface area contributed by atoms with Crippen molar-refractivity contribution in [3.63, 3.8) is 0 Å². The first-order valence-electron chi connectivity index (χ1n) is 11.4. The molecule has 0 aliphatic carbocycles. The quantitative estimate of drug-likeness (QED) is 0.653. The molecule has 7 heteroatoms. The average molecular weight is 451 g/mol. The van der Waals surface area contributed by atoms with Crippen molar-refractivity contribution >= 4 is 34.8 Å². The molecule has 0 atom stereocenters. The monoisotopic (exact) mass is 450 g/mol. The molecule has 2 heterocycles. The molecule has 2 fully saturated rings. The number of likely N-dealkylation sites (tertiary alicyclic amines) is 2. The summed E-state index contributed by atoms with van der Waals surface area (Å²) in [7, 11) is 0.